The minimum atomic E-state index is -0.306. The summed E-state index contributed by atoms with van der Waals surface area (Å²) in [5.74, 6) is 0.575. The van der Waals surface area contributed by atoms with Crippen LogP contribution in [0.4, 0.5) is 4.39 Å². The fraction of sp³-hybridized carbons (Fsp3) is 0.263. The lowest BCUT2D eigenvalue weighted by Gasteiger charge is -2.27. The van der Waals surface area contributed by atoms with Gasteiger partial charge in [0.25, 0.3) is 5.56 Å². The second kappa shape index (κ2) is 7.24. The molecule has 0 unspecified atom stereocenters. The molecule has 0 aliphatic carbocycles. The van der Waals surface area contributed by atoms with E-state index in [1.165, 1.54) is 13.2 Å². The van der Waals surface area contributed by atoms with Gasteiger partial charge in [-0.25, -0.2) is 14.4 Å². The fourth-order valence-electron chi connectivity index (χ4n) is 3.20. The van der Waals surface area contributed by atoms with Gasteiger partial charge < -0.3 is 9.72 Å². The highest BCUT2D eigenvalue weighted by Crippen LogP contribution is 2.22. The maximum atomic E-state index is 14.2. The van der Waals surface area contributed by atoms with Gasteiger partial charge in [-0.3, -0.25) is 14.7 Å². The Kier molecular flexibility index (Phi) is 4.64. The topological polar surface area (TPSA) is 84.0 Å². The molecular formula is C19H18FN5O2. The summed E-state index contributed by atoms with van der Waals surface area (Å²) < 4.78 is 19.3. The van der Waals surface area contributed by atoms with Crippen molar-refractivity contribution in [2.24, 2.45) is 0 Å². The second-order valence-corrected chi connectivity index (χ2v) is 6.35. The third-order valence-electron chi connectivity index (χ3n) is 4.61. The first kappa shape index (κ1) is 17.3. The molecule has 0 saturated heterocycles. The molecule has 0 spiro atoms. The fourth-order valence-corrected chi connectivity index (χ4v) is 3.20. The Bertz CT molecular complexity index is 1020. The lowest BCUT2D eigenvalue weighted by atomic mass is 10.1. The molecule has 8 heteroatoms. The molecule has 4 rings (SSSR count). The Morgan fingerprint density at radius 3 is 2.96 bits per heavy atom. The summed E-state index contributed by atoms with van der Waals surface area (Å²) in [5.41, 5.74) is 2.30. The van der Waals surface area contributed by atoms with Gasteiger partial charge >= 0.3 is 0 Å². The van der Waals surface area contributed by atoms with Crippen LogP contribution in [0.25, 0.3) is 11.5 Å². The van der Waals surface area contributed by atoms with E-state index in [0.29, 0.717) is 60.1 Å². The highest BCUT2D eigenvalue weighted by Gasteiger charge is 2.22. The lowest BCUT2D eigenvalue weighted by Crippen LogP contribution is -2.35. The number of benzene rings is 1. The molecule has 0 amide bonds. The van der Waals surface area contributed by atoms with Crippen molar-refractivity contribution in [3.05, 3.63) is 69.8 Å². The van der Waals surface area contributed by atoms with Crippen LogP contribution >= 0.6 is 0 Å². The maximum absolute atomic E-state index is 14.2. The van der Waals surface area contributed by atoms with Crippen LogP contribution in [0.5, 0.6) is 5.75 Å². The number of hydrogen-bond acceptors (Lipinski definition) is 6. The SMILES string of the molecule is COc1ccc(CN2CCc3c(nc(-c4cnccn4)[nH]c3=O)C2)c(F)c1. The zero-order chi connectivity index (χ0) is 18.8. The first-order chi connectivity index (χ1) is 13.1. The summed E-state index contributed by atoms with van der Waals surface area (Å²) in [7, 11) is 1.51. The molecule has 1 aliphatic rings. The van der Waals surface area contributed by atoms with Gasteiger partial charge in [0, 0.05) is 49.2 Å². The number of nitrogens with one attached hydrogen (secondary N) is 1. The monoisotopic (exact) mass is 367 g/mol. The van der Waals surface area contributed by atoms with Crippen LogP contribution in [0.15, 0.2) is 41.6 Å². The molecule has 7 nitrogen and oxygen atoms in total. The first-order valence-electron chi connectivity index (χ1n) is 8.57. The van der Waals surface area contributed by atoms with E-state index in [4.69, 9.17) is 4.74 Å². The van der Waals surface area contributed by atoms with E-state index >= 15 is 0 Å². The van der Waals surface area contributed by atoms with Crippen LogP contribution in [0.2, 0.25) is 0 Å². The Hall–Kier alpha value is -3.13. The number of methoxy groups -OCH3 is 1. The number of nitrogens with zero attached hydrogens (tertiary/aromatic N) is 4. The van der Waals surface area contributed by atoms with Gasteiger partial charge in [0.05, 0.1) is 19.0 Å². The molecule has 2 aromatic heterocycles. The van der Waals surface area contributed by atoms with Crippen LogP contribution < -0.4 is 10.3 Å². The van der Waals surface area contributed by atoms with E-state index in [0.717, 1.165) is 0 Å². The average Bonchev–Trinajstić information content (AvgIpc) is 2.70. The van der Waals surface area contributed by atoms with Crippen molar-refractivity contribution in [1.29, 1.82) is 0 Å². The summed E-state index contributed by atoms with van der Waals surface area (Å²) in [6.07, 6.45) is 5.23. The number of halogens is 1. The Labute approximate surface area is 154 Å². The number of aromatic amines is 1. The van der Waals surface area contributed by atoms with Crippen LogP contribution in [0.3, 0.4) is 0 Å². The van der Waals surface area contributed by atoms with E-state index in [9.17, 15) is 9.18 Å². The van der Waals surface area contributed by atoms with E-state index in [1.54, 1.807) is 30.7 Å². The molecule has 0 bridgehead atoms. The Morgan fingerprint density at radius 1 is 1.33 bits per heavy atom. The van der Waals surface area contributed by atoms with Crippen molar-refractivity contribution in [1.82, 2.24) is 24.8 Å². The number of rotatable bonds is 4. The van der Waals surface area contributed by atoms with E-state index < -0.39 is 0 Å². The van der Waals surface area contributed by atoms with Crippen LogP contribution in [-0.4, -0.2) is 38.5 Å². The molecular weight excluding hydrogens is 349 g/mol. The molecule has 1 aliphatic heterocycles. The van der Waals surface area contributed by atoms with E-state index in [1.807, 2.05) is 0 Å². The van der Waals surface area contributed by atoms with Crippen molar-refractivity contribution in [3.8, 4) is 17.3 Å². The molecule has 27 heavy (non-hydrogen) atoms. The standard InChI is InChI=1S/C19H18FN5O2/c1-27-13-3-2-12(15(20)8-13)10-25-7-4-14-17(11-25)23-18(24-19(14)26)16-9-21-5-6-22-16/h2-3,5-6,8-9H,4,7,10-11H2,1H3,(H,23,24,26). The zero-order valence-electron chi connectivity index (χ0n) is 14.8. The van der Waals surface area contributed by atoms with Crippen molar-refractivity contribution in [3.63, 3.8) is 0 Å². The lowest BCUT2D eigenvalue weighted by molar-refractivity contribution is 0.237. The number of aromatic nitrogens is 4. The van der Waals surface area contributed by atoms with E-state index in [-0.39, 0.29) is 11.4 Å². The molecule has 1 aromatic carbocycles. The molecule has 3 aromatic rings. The maximum Gasteiger partial charge on any atom is 0.254 e. The minimum absolute atomic E-state index is 0.157. The van der Waals surface area contributed by atoms with Gasteiger partial charge in [-0.15, -0.1) is 0 Å². The highest BCUT2D eigenvalue weighted by atomic mass is 19.1. The molecule has 1 N–H and O–H groups in total. The quantitative estimate of drug-likeness (QED) is 0.759. The minimum Gasteiger partial charge on any atom is -0.497 e. The second-order valence-electron chi connectivity index (χ2n) is 6.35. The molecule has 0 fully saturated rings. The van der Waals surface area contributed by atoms with Crippen molar-refractivity contribution < 1.29 is 9.13 Å². The summed E-state index contributed by atoms with van der Waals surface area (Å²) in [4.78, 5) is 30.0. The predicted molar refractivity (Wildman–Crippen MR) is 96.7 cm³/mol. The van der Waals surface area contributed by atoms with Crippen molar-refractivity contribution in [2.45, 2.75) is 19.5 Å². The molecule has 0 saturated carbocycles. The molecule has 138 valence electrons. The van der Waals surface area contributed by atoms with Crippen molar-refractivity contribution >= 4 is 0 Å². The summed E-state index contributed by atoms with van der Waals surface area (Å²) >= 11 is 0. The first-order valence-corrected chi connectivity index (χ1v) is 8.57. The Balaban J connectivity index is 1.59. The molecule has 0 radical (unpaired) electrons. The van der Waals surface area contributed by atoms with Gasteiger partial charge in [0.2, 0.25) is 0 Å². The van der Waals surface area contributed by atoms with E-state index in [2.05, 4.69) is 24.8 Å². The number of ether oxygens (including phenoxy) is 1. The smallest absolute Gasteiger partial charge is 0.254 e. The molecule has 3 heterocycles. The van der Waals surface area contributed by atoms with Gasteiger partial charge in [-0.1, -0.05) is 6.07 Å². The van der Waals surface area contributed by atoms with Crippen LogP contribution in [-0.2, 0) is 19.5 Å². The summed E-state index contributed by atoms with van der Waals surface area (Å²) in [6, 6.07) is 4.84. The normalized spacial score (nSPS) is 14.0. The van der Waals surface area contributed by atoms with Crippen LogP contribution in [0.1, 0.15) is 16.8 Å². The van der Waals surface area contributed by atoms with Gasteiger partial charge in [0.15, 0.2) is 5.82 Å². The largest absolute Gasteiger partial charge is 0.497 e. The summed E-state index contributed by atoms with van der Waals surface area (Å²) in [6.45, 7) is 1.57. The number of fused-ring (bicyclic) bond motifs is 1. The van der Waals surface area contributed by atoms with Crippen molar-refractivity contribution in [2.75, 3.05) is 13.7 Å². The third kappa shape index (κ3) is 3.56. The summed E-state index contributed by atoms with van der Waals surface area (Å²) in [5, 5.41) is 0. The highest BCUT2D eigenvalue weighted by molar-refractivity contribution is 5.47. The van der Waals surface area contributed by atoms with Crippen LogP contribution in [0, 0.1) is 5.82 Å². The van der Waals surface area contributed by atoms with Gasteiger partial charge in [-0.2, -0.15) is 0 Å². The van der Waals surface area contributed by atoms with Gasteiger partial charge in [-0.05, 0) is 12.5 Å². The zero-order valence-corrected chi connectivity index (χ0v) is 14.8. The average molecular weight is 367 g/mol. The third-order valence-corrected chi connectivity index (χ3v) is 4.61. The van der Waals surface area contributed by atoms with Gasteiger partial charge in [0.1, 0.15) is 17.3 Å². The number of H-pyrrole nitrogens is 1. The molecule has 0 atom stereocenters. The predicted octanol–water partition coefficient (Wildman–Crippen LogP) is 1.93. The number of hydrogen-bond donors (Lipinski definition) is 1. The Morgan fingerprint density at radius 2 is 2.22 bits per heavy atom.